The third kappa shape index (κ3) is 7.58. The Labute approximate surface area is 258 Å². The number of primary amides is 1. The summed E-state index contributed by atoms with van der Waals surface area (Å²) in [6, 6.07) is 5.02. The van der Waals surface area contributed by atoms with Gasteiger partial charge in [0.1, 0.15) is 36.3 Å². The minimum absolute atomic E-state index is 0.0548. The van der Waals surface area contributed by atoms with E-state index in [0.717, 1.165) is 18.7 Å². The van der Waals surface area contributed by atoms with E-state index in [1.54, 1.807) is 30.6 Å². The fourth-order valence-corrected chi connectivity index (χ4v) is 6.80. The van der Waals surface area contributed by atoms with Crippen LogP contribution in [-0.4, -0.2) is 100 Å². The third-order valence-electron chi connectivity index (χ3n) is 6.82. The number of aliphatic hydroxyl groups excluding tert-OH is 3. The predicted octanol–water partition coefficient (Wildman–Crippen LogP) is -2.09. The van der Waals surface area contributed by atoms with Crippen molar-refractivity contribution in [3.05, 3.63) is 55.6 Å². The van der Waals surface area contributed by atoms with E-state index in [0.29, 0.717) is 0 Å². The molecule has 0 saturated carbocycles. The van der Waals surface area contributed by atoms with Gasteiger partial charge in [-0.1, -0.05) is 6.07 Å². The van der Waals surface area contributed by atoms with Gasteiger partial charge < -0.3 is 50.8 Å². The van der Waals surface area contributed by atoms with Crippen molar-refractivity contribution < 1.29 is 71.2 Å². The molecule has 0 bridgehead atoms. The maximum atomic E-state index is 12.6. The number of hydrogen-bond acceptors (Lipinski definition) is 16. The summed E-state index contributed by atoms with van der Waals surface area (Å²) in [6.45, 7) is -1.70. The standard InChI is InChI=1S/C23H29N7O14P2/c24-14(31)4-7-39-19-13(43-22(18(19)34)29-5-2-1-3-6-29)9-41-46(37,38)44-45(35,36)40-8-12-16(32)17(33)23(42-12)30-11-28-15-20(25)26-10-27-21(15)30/h1-7,10-13,16-19,22-23,32-34H,8-9H2,(H5-,24,25,26,27,31,35,36,37,38)/p+1/b7-4+/t12-,13-,16-,17-,18-,19-,22-,23-/m1/s1. The number of aromatic nitrogens is 5. The Bertz CT molecular complexity index is 1660. The molecule has 0 radical (unpaired) electrons. The van der Waals surface area contributed by atoms with E-state index in [9.17, 15) is 39.0 Å². The van der Waals surface area contributed by atoms with Gasteiger partial charge in [0.2, 0.25) is 5.91 Å². The number of rotatable bonds is 13. The summed E-state index contributed by atoms with van der Waals surface area (Å²) in [7, 11) is -10.7. The molecule has 23 heteroatoms. The van der Waals surface area contributed by atoms with Gasteiger partial charge in [0, 0.05) is 18.2 Å². The normalized spacial score (nSPS) is 30.8. The van der Waals surface area contributed by atoms with Gasteiger partial charge in [0.05, 0.1) is 25.8 Å². The van der Waals surface area contributed by atoms with Crippen molar-refractivity contribution >= 4 is 38.5 Å². The van der Waals surface area contributed by atoms with Crippen LogP contribution in [0, 0.1) is 0 Å². The predicted molar refractivity (Wildman–Crippen MR) is 148 cm³/mol. The molecule has 1 amide bonds. The fourth-order valence-electron chi connectivity index (χ4n) is 4.71. The van der Waals surface area contributed by atoms with Crippen LogP contribution >= 0.6 is 15.6 Å². The highest BCUT2D eigenvalue weighted by Crippen LogP contribution is 2.60. The molecular weight excluding hydrogens is 660 g/mol. The van der Waals surface area contributed by atoms with E-state index >= 15 is 0 Å². The number of carbonyl (C=O) groups is 1. The number of phosphoric acid groups is 2. The number of phosphoric ester groups is 2. The first-order valence-corrected chi connectivity index (χ1v) is 16.3. The number of pyridine rings is 1. The second kappa shape index (κ2) is 13.7. The molecule has 2 fully saturated rings. The number of nitrogens with two attached hydrogens (primary N) is 2. The third-order valence-corrected chi connectivity index (χ3v) is 9.42. The van der Waals surface area contributed by atoms with Crippen molar-refractivity contribution in [3.8, 4) is 0 Å². The number of ether oxygens (including phenoxy) is 3. The molecule has 2 saturated heterocycles. The number of amides is 1. The van der Waals surface area contributed by atoms with E-state index in [4.69, 9.17) is 34.7 Å². The molecule has 5 rings (SSSR count). The molecule has 21 nitrogen and oxygen atoms in total. The molecule has 0 aliphatic carbocycles. The number of nitrogen functional groups attached to an aromatic ring is 1. The van der Waals surface area contributed by atoms with Crippen LogP contribution < -0.4 is 16.0 Å². The number of fused-ring (bicyclic) bond motifs is 1. The summed E-state index contributed by atoms with van der Waals surface area (Å²) < 4.78 is 58.6. The molecule has 3 aromatic rings. The highest BCUT2D eigenvalue weighted by atomic mass is 31.3. The van der Waals surface area contributed by atoms with Crippen molar-refractivity contribution in [3.63, 3.8) is 0 Å². The van der Waals surface area contributed by atoms with Gasteiger partial charge >= 0.3 is 15.6 Å². The molecule has 9 N–H and O–H groups in total. The van der Waals surface area contributed by atoms with Crippen molar-refractivity contribution in [1.82, 2.24) is 19.5 Å². The zero-order chi connectivity index (χ0) is 33.2. The van der Waals surface area contributed by atoms with E-state index in [1.807, 2.05) is 0 Å². The largest absolute Gasteiger partial charge is 0.492 e. The Hall–Kier alpha value is -3.43. The molecule has 46 heavy (non-hydrogen) atoms. The summed E-state index contributed by atoms with van der Waals surface area (Å²) in [6.07, 6.45) is -3.62. The number of anilines is 1. The maximum Gasteiger partial charge on any atom is 0.481 e. The minimum atomic E-state index is -5.37. The molecule has 0 spiro atoms. The van der Waals surface area contributed by atoms with Crippen LogP contribution in [0.2, 0.25) is 0 Å². The smallest absolute Gasteiger partial charge is 0.481 e. The van der Waals surface area contributed by atoms with Crippen LogP contribution in [0.3, 0.4) is 0 Å². The van der Waals surface area contributed by atoms with Gasteiger partial charge in [-0.3, -0.25) is 18.4 Å². The van der Waals surface area contributed by atoms with Crippen molar-refractivity contribution in [2.24, 2.45) is 5.73 Å². The zero-order valence-electron chi connectivity index (χ0n) is 23.4. The summed E-state index contributed by atoms with van der Waals surface area (Å²) >= 11 is 0. The Morgan fingerprint density at radius 2 is 1.65 bits per heavy atom. The average molecular weight is 690 g/mol. The first-order chi connectivity index (χ1) is 21.8. The summed E-state index contributed by atoms with van der Waals surface area (Å²) in [5.41, 5.74) is 11.2. The topological polar surface area (TPSA) is 307 Å². The lowest BCUT2D eigenvalue weighted by Gasteiger charge is -2.21. The van der Waals surface area contributed by atoms with Gasteiger partial charge in [-0.25, -0.2) is 24.1 Å². The number of aliphatic hydroxyl groups is 3. The van der Waals surface area contributed by atoms with E-state index in [2.05, 4.69) is 19.3 Å². The second-order valence-electron chi connectivity index (χ2n) is 9.92. The number of nitrogens with zero attached hydrogens (tertiary/aromatic N) is 5. The first kappa shape index (κ1) is 33.9. The molecule has 2 aliphatic rings. The molecular formula is C23H30N7O14P2+. The molecule has 3 aromatic heterocycles. The van der Waals surface area contributed by atoms with Gasteiger partial charge in [-0.05, 0) is 0 Å². The second-order valence-corrected chi connectivity index (χ2v) is 13.0. The van der Waals surface area contributed by atoms with Crippen LogP contribution in [0.4, 0.5) is 5.82 Å². The zero-order valence-corrected chi connectivity index (χ0v) is 25.2. The quantitative estimate of drug-likeness (QED) is 0.0437. The Kier molecular flexibility index (Phi) is 10.1. The monoisotopic (exact) mass is 690 g/mol. The maximum absolute atomic E-state index is 12.6. The van der Waals surface area contributed by atoms with Crippen LogP contribution in [0.25, 0.3) is 11.2 Å². The highest BCUT2D eigenvalue weighted by Gasteiger charge is 2.52. The summed E-state index contributed by atoms with van der Waals surface area (Å²) in [4.78, 5) is 43.2. The fraction of sp³-hybridized carbons (Fsp3) is 0.435. The van der Waals surface area contributed by atoms with Gasteiger partial charge in [-0.2, -0.15) is 8.88 Å². The van der Waals surface area contributed by atoms with Crippen molar-refractivity contribution in [1.29, 1.82) is 0 Å². The van der Waals surface area contributed by atoms with Gasteiger partial charge in [0.15, 0.2) is 42.3 Å². The van der Waals surface area contributed by atoms with Crippen LogP contribution in [-0.2, 0) is 41.5 Å². The van der Waals surface area contributed by atoms with E-state index in [1.165, 1.54) is 15.5 Å². The molecule has 2 aliphatic heterocycles. The average Bonchev–Trinajstić information content (AvgIpc) is 3.65. The lowest BCUT2D eigenvalue weighted by Crippen LogP contribution is -2.45. The number of hydrogen-bond donors (Lipinski definition) is 7. The Morgan fingerprint density at radius 1 is 0.978 bits per heavy atom. The molecule has 250 valence electrons. The van der Waals surface area contributed by atoms with Crippen LogP contribution in [0.5, 0.6) is 0 Å². The van der Waals surface area contributed by atoms with Gasteiger partial charge in [0.25, 0.3) is 6.23 Å². The summed E-state index contributed by atoms with van der Waals surface area (Å²) in [5, 5.41) is 31.8. The minimum Gasteiger partial charge on any atom is -0.492 e. The first-order valence-electron chi connectivity index (χ1n) is 13.3. The van der Waals surface area contributed by atoms with Gasteiger partial charge in [-0.15, -0.1) is 0 Å². The highest BCUT2D eigenvalue weighted by molar-refractivity contribution is 7.61. The summed E-state index contributed by atoms with van der Waals surface area (Å²) in [5.74, 6) is -0.795. The van der Waals surface area contributed by atoms with Crippen molar-refractivity contribution in [2.45, 2.75) is 49.1 Å². The molecule has 2 unspecified atom stereocenters. The Balaban J connectivity index is 1.19. The Morgan fingerprint density at radius 3 is 2.33 bits per heavy atom. The van der Waals surface area contributed by atoms with Crippen LogP contribution in [0.15, 0.2) is 55.6 Å². The van der Waals surface area contributed by atoms with E-state index in [-0.39, 0.29) is 17.0 Å². The SMILES string of the molecule is NC(=O)/C=C/O[C@H]1[C@@H](O)[C@H]([n+]2ccccc2)O[C@@H]1COP(=O)(O)OP(=O)(O)OC[C@H]1O[C@@H](n2cnc3c(N)ncnc32)[C@H](O)[C@@H]1O. The lowest BCUT2D eigenvalue weighted by molar-refractivity contribution is -0.765. The lowest BCUT2D eigenvalue weighted by atomic mass is 10.1. The molecule has 5 heterocycles. The number of carbonyl (C=O) groups excluding carboxylic acids is 1. The van der Waals surface area contributed by atoms with Crippen molar-refractivity contribution in [2.75, 3.05) is 18.9 Å². The molecule has 0 aromatic carbocycles. The van der Waals surface area contributed by atoms with E-state index < -0.39 is 83.8 Å². The molecule has 10 atom stereocenters. The van der Waals surface area contributed by atoms with Crippen LogP contribution in [0.1, 0.15) is 12.5 Å². The number of imidazole rings is 1.